The summed E-state index contributed by atoms with van der Waals surface area (Å²) in [6, 6.07) is 12.2. The van der Waals surface area contributed by atoms with Crippen LogP contribution in [0.4, 0.5) is 5.69 Å². The highest BCUT2D eigenvalue weighted by Crippen LogP contribution is 2.31. The molecule has 4 heteroatoms. The topological polar surface area (TPSA) is 41.1 Å². The summed E-state index contributed by atoms with van der Waals surface area (Å²) in [5.41, 5.74) is 2.20. The monoisotopic (exact) mass is 286 g/mol. The second-order valence-electron chi connectivity index (χ2n) is 5.09. The number of hydrogen-bond acceptors (Lipinski definition) is 3. The van der Waals surface area contributed by atoms with E-state index in [0.29, 0.717) is 6.54 Å². The minimum atomic E-state index is -0.0338. The van der Waals surface area contributed by atoms with E-state index in [9.17, 15) is 4.79 Å². The van der Waals surface area contributed by atoms with Gasteiger partial charge in [0.1, 0.15) is 0 Å². The fourth-order valence-corrected chi connectivity index (χ4v) is 3.45. The zero-order valence-electron chi connectivity index (χ0n) is 11.5. The second kappa shape index (κ2) is 5.67. The van der Waals surface area contributed by atoms with E-state index in [1.54, 1.807) is 11.3 Å². The third-order valence-electron chi connectivity index (χ3n) is 3.63. The molecule has 0 aliphatic carbocycles. The molecular weight excluding hydrogens is 268 g/mol. The molecule has 0 fully saturated rings. The molecule has 0 bridgehead atoms. The van der Waals surface area contributed by atoms with E-state index >= 15 is 0 Å². The smallest absolute Gasteiger partial charge is 0.227 e. The van der Waals surface area contributed by atoms with Crippen LogP contribution >= 0.6 is 11.3 Å². The number of fused-ring (bicyclic) bond motifs is 1. The average molecular weight is 286 g/mol. The first-order chi connectivity index (χ1) is 9.74. The molecule has 20 heavy (non-hydrogen) atoms. The van der Waals surface area contributed by atoms with E-state index in [4.69, 9.17) is 0 Å². The van der Waals surface area contributed by atoms with Crippen LogP contribution in [0, 0.1) is 6.92 Å². The van der Waals surface area contributed by atoms with Crippen LogP contribution < -0.4 is 10.6 Å². The molecule has 104 valence electrons. The number of nitrogens with one attached hydrogen (secondary N) is 2. The molecule has 1 aliphatic heterocycles. The molecule has 1 unspecified atom stereocenters. The van der Waals surface area contributed by atoms with Crippen LogP contribution in [-0.2, 0) is 11.3 Å². The average Bonchev–Trinajstić information content (AvgIpc) is 2.90. The van der Waals surface area contributed by atoms with Crippen molar-refractivity contribution in [2.75, 3.05) is 11.9 Å². The van der Waals surface area contributed by atoms with E-state index in [-0.39, 0.29) is 11.8 Å². The van der Waals surface area contributed by atoms with Crippen LogP contribution in [-0.4, -0.2) is 12.5 Å². The Bertz CT molecular complexity index is 620. The molecule has 1 aliphatic rings. The highest BCUT2D eigenvalue weighted by Gasteiger charge is 2.25. The minimum Gasteiger partial charge on any atom is -0.385 e. The zero-order valence-corrected chi connectivity index (χ0v) is 12.3. The standard InChI is InChI=1S/C16H18N2OS/c1-11-6-7-12(20-11)10-18-16(19)14-8-9-17-15-5-3-2-4-13(14)15/h2-7,14,17H,8-10H2,1H3,(H,18,19). The molecule has 1 atom stereocenters. The SMILES string of the molecule is Cc1ccc(CNC(=O)C2CCNc3ccccc32)s1. The van der Waals surface area contributed by atoms with Gasteiger partial charge in [0.15, 0.2) is 0 Å². The van der Waals surface area contributed by atoms with Gasteiger partial charge in [-0.1, -0.05) is 18.2 Å². The van der Waals surface area contributed by atoms with Gasteiger partial charge in [0.25, 0.3) is 0 Å². The second-order valence-corrected chi connectivity index (χ2v) is 6.46. The van der Waals surface area contributed by atoms with Gasteiger partial charge in [-0.2, -0.15) is 0 Å². The molecule has 0 saturated carbocycles. The minimum absolute atomic E-state index is 0.0338. The Balaban J connectivity index is 1.69. The lowest BCUT2D eigenvalue weighted by atomic mass is 9.90. The summed E-state index contributed by atoms with van der Waals surface area (Å²) in [6.07, 6.45) is 0.853. The Hall–Kier alpha value is -1.81. The molecule has 3 nitrogen and oxygen atoms in total. The van der Waals surface area contributed by atoms with E-state index in [0.717, 1.165) is 24.2 Å². The Kier molecular flexibility index (Phi) is 3.74. The van der Waals surface area contributed by atoms with Gasteiger partial charge in [-0.25, -0.2) is 0 Å². The molecule has 1 aromatic carbocycles. The van der Waals surface area contributed by atoms with Crippen LogP contribution in [0.25, 0.3) is 0 Å². The number of carbonyl (C=O) groups is 1. The summed E-state index contributed by atoms with van der Waals surface area (Å²) in [5.74, 6) is 0.0958. The number of anilines is 1. The van der Waals surface area contributed by atoms with Crippen molar-refractivity contribution in [2.45, 2.75) is 25.8 Å². The van der Waals surface area contributed by atoms with Gasteiger partial charge in [-0.05, 0) is 37.1 Å². The Labute approximate surface area is 123 Å². The highest BCUT2D eigenvalue weighted by molar-refractivity contribution is 7.11. The van der Waals surface area contributed by atoms with E-state index < -0.39 is 0 Å². The maximum Gasteiger partial charge on any atom is 0.227 e. The van der Waals surface area contributed by atoms with Crippen molar-refractivity contribution >= 4 is 22.9 Å². The number of para-hydroxylation sites is 1. The molecule has 0 radical (unpaired) electrons. The third kappa shape index (κ3) is 2.70. The number of amides is 1. The van der Waals surface area contributed by atoms with Crippen molar-refractivity contribution in [1.29, 1.82) is 0 Å². The largest absolute Gasteiger partial charge is 0.385 e. The van der Waals surface area contributed by atoms with Crippen molar-refractivity contribution in [3.8, 4) is 0 Å². The van der Waals surface area contributed by atoms with Crippen molar-refractivity contribution in [3.05, 3.63) is 51.7 Å². The molecule has 0 saturated heterocycles. The lowest BCUT2D eigenvalue weighted by molar-refractivity contribution is -0.122. The zero-order chi connectivity index (χ0) is 13.9. The van der Waals surface area contributed by atoms with Crippen LogP contribution in [0.3, 0.4) is 0 Å². The van der Waals surface area contributed by atoms with Crippen LogP contribution in [0.2, 0.25) is 0 Å². The fraction of sp³-hybridized carbons (Fsp3) is 0.312. The number of thiophene rings is 1. The predicted molar refractivity (Wildman–Crippen MR) is 83.2 cm³/mol. The number of hydrogen-bond donors (Lipinski definition) is 2. The predicted octanol–water partition coefficient (Wildman–Crippen LogP) is 3.27. The van der Waals surface area contributed by atoms with Crippen molar-refractivity contribution < 1.29 is 4.79 Å². The number of aryl methyl sites for hydroxylation is 1. The number of rotatable bonds is 3. The van der Waals surface area contributed by atoms with Gasteiger partial charge < -0.3 is 10.6 Å². The molecule has 3 rings (SSSR count). The maximum absolute atomic E-state index is 12.4. The van der Waals surface area contributed by atoms with Crippen molar-refractivity contribution in [2.24, 2.45) is 0 Å². The number of carbonyl (C=O) groups excluding carboxylic acids is 1. The van der Waals surface area contributed by atoms with E-state index in [1.165, 1.54) is 9.75 Å². The first-order valence-electron chi connectivity index (χ1n) is 6.90. The summed E-state index contributed by atoms with van der Waals surface area (Å²) in [5, 5.41) is 6.41. The van der Waals surface area contributed by atoms with E-state index in [1.807, 2.05) is 24.3 Å². The summed E-state index contributed by atoms with van der Waals surface area (Å²) in [7, 11) is 0. The molecule has 1 aromatic heterocycles. The molecule has 1 amide bonds. The summed E-state index contributed by atoms with van der Waals surface area (Å²) in [6.45, 7) is 3.57. The molecule has 2 N–H and O–H groups in total. The first-order valence-corrected chi connectivity index (χ1v) is 7.71. The van der Waals surface area contributed by atoms with Crippen LogP contribution in [0.15, 0.2) is 36.4 Å². The van der Waals surface area contributed by atoms with Gasteiger partial charge in [0.05, 0.1) is 12.5 Å². The lowest BCUT2D eigenvalue weighted by Gasteiger charge is -2.25. The quantitative estimate of drug-likeness (QED) is 0.909. The summed E-state index contributed by atoms with van der Waals surface area (Å²) in [4.78, 5) is 14.9. The fourth-order valence-electron chi connectivity index (χ4n) is 2.62. The normalized spacial score (nSPS) is 17.1. The Morgan fingerprint density at radius 1 is 1.35 bits per heavy atom. The third-order valence-corrected chi connectivity index (χ3v) is 4.63. The van der Waals surface area contributed by atoms with Crippen molar-refractivity contribution in [3.63, 3.8) is 0 Å². The Morgan fingerprint density at radius 3 is 3.00 bits per heavy atom. The number of benzene rings is 1. The molecular formula is C16H18N2OS. The molecule has 0 spiro atoms. The van der Waals surface area contributed by atoms with Gasteiger partial charge in [-0.15, -0.1) is 11.3 Å². The lowest BCUT2D eigenvalue weighted by Crippen LogP contribution is -2.32. The van der Waals surface area contributed by atoms with E-state index in [2.05, 4.69) is 29.7 Å². The first kappa shape index (κ1) is 13.2. The summed E-state index contributed by atoms with van der Waals surface area (Å²) >= 11 is 1.73. The van der Waals surface area contributed by atoms with Gasteiger partial charge >= 0.3 is 0 Å². The Morgan fingerprint density at radius 2 is 2.20 bits per heavy atom. The summed E-state index contributed by atoms with van der Waals surface area (Å²) < 4.78 is 0. The highest BCUT2D eigenvalue weighted by atomic mass is 32.1. The molecule has 2 aromatic rings. The van der Waals surface area contributed by atoms with Crippen LogP contribution in [0.5, 0.6) is 0 Å². The maximum atomic E-state index is 12.4. The van der Waals surface area contributed by atoms with Gasteiger partial charge in [0.2, 0.25) is 5.91 Å². The van der Waals surface area contributed by atoms with Crippen LogP contribution in [0.1, 0.15) is 27.7 Å². The molecule has 2 heterocycles. The van der Waals surface area contributed by atoms with Crippen molar-refractivity contribution in [1.82, 2.24) is 5.32 Å². The van der Waals surface area contributed by atoms with Gasteiger partial charge in [-0.3, -0.25) is 4.79 Å². The van der Waals surface area contributed by atoms with Gasteiger partial charge in [0, 0.05) is 22.0 Å².